The van der Waals surface area contributed by atoms with Gasteiger partial charge in [-0.15, -0.1) is 8.42 Å². The summed E-state index contributed by atoms with van der Waals surface area (Å²) < 4.78 is 77.8. The maximum Gasteiger partial charge on any atom is 0.501 e. The van der Waals surface area contributed by atoms with E-state index < -0.39 is 67.7 Å². The predicted molar refractivity (Wildman–Crippen MR) is 145 cm³/mol. The van der Waals surface area contributed by atoms with Crippen molar-refractivity contribution < 1.29 is 39.5 Å². The zero-order chi connectivity index (χ0) is 30.4. The number of primary amides is 1. The standard InChI is InChI=1S/C27H20ClF3N4O6S/c1-12-15(28)8-5-9-16(12)35-20-17(23(32)36)18(33-24(37)13-6-3-4-7-14(13)27(29,30)31)21-22(41-42(38,39)40-21)19(20)34-25(35)26(2)10-11-26/h3-9H,10-11H2,1-2H3,(H2,32,36)(H,33,37). The van der Waals surface area contributed by atoms with Crippen LogP contribution in [0.25, 0.3) is 16.7 Å². The van der Waals surface area contributed by atoms with Crippen LogP contribution in [0.4, 0.5) is 18.9 Å². The predicted octanol–water partition coefficient (Wildman–Crippen LogP) is 5.42. The van der Waals surface area contributed by atoms with E-state index in [0.717, 1.165) is 12.1 Å². The molecule has 0 spiro atoms. The van der Waals surface area contributed by atoms with Crippen molar-refractivity contribution in [3.05, 3.63) is 75.6 Å². The largest absolute Gasteiger partial charge is 0.501 e. The van der Waals surface area contributed by atoms with Crippen LogP contribution in [-0.4, -0.2) is 29.8 Å². The second-order valence-corrected chi connectivity index (χ2v) is 11.8. The highest BCUT2D eigenvalue weighted by Crippen LogP contribution is 2.54. The molecular weight excluding hydrogens is 601 g/mol. The molecule has 42 heavy (non-hydrogen) atoms. The molecule has 1 saturated carbocycles. The maximum atomic E-state index is 13.7. The maximum absolute atomic E-state index is 13.7. The number of hydrogen-bond acceptors (Lipinski definition) is 7. The summed E-state index contributed by atoms with van der Waals surface area (Å²) in [6, 6.07) is 8.97. The first kappa shape index (κ1) is 27.8. The summed E-state index contributed by atoms with van der Waals surface area (Å²) in [5.74, 6) is -3.14. The van der Waals surface area contributed by atoms with Crippen LogP contribution in [-0.2, 0) is 22.0 Å². The number of benzene rings is 3. The molecule has 15 heteroatoms. The quantitative estimate of drug-likeness (QED) is 0.303. The Morgan fingerprint density at radius 1 is 1.10 bits per heavy atom. The van der Waals surface area contributed by atoms with Gasteiger partial charge in [-0.25, -0.2) is 4.98 Å². The van der Waals surface area contributed by atoms with Crippen molar-refractivity contribution in [1.82, 2.24) is 9.55 Å². The fourth-order valence-corrected chi connectivity index (χ4v) is 5.92. The van der Waals surface area contributed by atoms with E-state index >= 15 is 0 Å². The molecule has 0 saturated heterocycles. The minimum Gasteiger partial charge on any atom is -0.365 e. The molecule has 10 nitrogen and oxygen atoms in total. The van der Waals surface area contributed by atoms with Crippen molar-refractivity contribution in [2.75, 3.05) is 5.32 Å². The summed E-state index contributed by atoms with van der Waals surface area (Å²) in [5.41, 5.74) is 3.12. The lowest BCUT2D eigenvalue weighted by Crippen LogP contribution is -2.22. The lowest BCUT2D eigenvalue weighted by atomic mass is 10.0. The van der Waals surface area contributed by atoms with Crippen LogP contribution in [0, 0.1) is 6.92 Å². The smallest absolute Gasteiger partial charge is 0.365 e. The molecule has 1 aliphatic carbocycles. The van der Waals surface area contributed by atoms with Crippen molar-refractivity contribution in [3.63, 3.8) is 0 Å². The zero-order valence-corrected chi connectivity index (χ0v) is 23.4. The number of halogens is 4. The highest BCUT2D eigenvalue weighted by molar-refractivity contribution is 7.82. The summed E-state index contributed by atoms with van der Waals surface area (Å²) in [4.78, 5) is 31.1. The molecule has 218 valence electrons. The Kier molecular flexibility index (Phi) is 6.03. The van der Waals surface area contributed by atoms with Gasteiger partial charge in [-0.3, -0.25) is 14.2 Å². The van der Waals surface area contributed by atoms with Gasteiger partial charge in [-0.1, -0.05) is 36.7 Å². The molecule has 2 heterocycles. The van der Waals surface area contributed by atoms with Crippen LogP contribution < -0.4 is 19.4 Å². The topological polar surface area (TPSA) is 143 Å². The van der Waals surface area contributed by atoms with Crippen molar-refractivity contribution in [2.24, 2.45) is 5.73 Å². The monoisotopic (exact) mass is 620 g/mol. The summed E-state index contributed by atoms with van der Waals surface area (Å²) in [7, 11) is -4.75. The van der Waals surface area contributed by atoms with Gasteiger partial charge in [0.05, 0.1) is 27.9 Å². The Morgan fingerprint density at radius 2 is 1.76 bits per heavy atom. The van der Waals surface area contributed by atoms with Gasteiger partial charge in [0.15, 0.2) is 0 Å². The van der Waals surface area contributed by atoms with Crippen molar-refractivity contribution in [3.8, 4) is 17.2 Å². The minimum absolute atomic E-state index is 0.0464. The Morgan fingerprint density at radius 3 is 2.40 bits per heavy atom. The molecule has 3 aromatic carbocycles. The van der Waals surface area contributed by atoms with E-state index in [1.54, 1.807) is 29.7 Å². The molecule has 0 radical (unpaired) electrons. The first-order chi connectivity index (χ1) is 19.6. The number of carbonyl (C=O) groups excluding carboxylic acids is 2. The van der Waals surface area contributed by atoms with Gasteiger partial charge in [-0.2, -0.15) is 13.2 Å². The molecule has 4 aromatic rings. The summed E-state index contributed by atoms with van der Waals surface area (Å²) >= 11 is 6.42. The molecule has 1 aliphatic heterocycles. The average molecular weight is 621 g/mol. The lowest BCUT2D eigenvalue weighted by molar-refractivity contribution is -0.137. The number of carbonyl (C=O) groups is 2. The third kappa shape index (κ3) is 4.32. The second-order valence-electron chi connectivity index (χ2n) is 10.3. The van der Waals surface area contributed by atoms with Crippen LogP contribution in [0.2, 0.25) is 5.02 Å². The van der Waals surface area contributed by atoms with Gasteiger partial charge in [0.2, 0.25) is 11.5 Å². The van der Waals surface area contributed by atoms with Crippen molar-refractivity contribution in [2.45, 2.75) is 38.3 Å². The molecule has 1 aromatic heterocycles. The van der Waals surface area contributed by atoms with E-state index in [1.807, 2.05) is 6.92 Å². The minimum atomic E-state index is -4.90. The van der Waals surface area contributed by atoms with E-state index in [-0.39, 0.29) is 11.0 Å². The molecule has 2 amide bonds. The van der Waals surface area contributed by atoms with E-state index in [1.165, 1.54) is 6.07 Å². The second kappa shape index (κ2) is 9.10. The molecule has 0 unspecified atom stereocenters. The number of anilines is 1. The third-order valence-electron chi connectivity index (χ3n) is 7.37. The number of imidazole rings is 1. The normalized spacial score (nSPS) is 16.4. The Balaban J connectivity index is 1.70. The molecule has 6 rings (SSSR count). The highest BCUT2D eigenvalue weighted by atomic mass is 35.5. The van der Waals surface area contributed by atoms with Gasteiger partial charge < -0.3 is 19.4 Å². The van der Waals surface area contributed by atoms with E-state index in [4.69, 9.17) is 25.7 Å². The molecule has 2 aliphatic rings. The average Bonchev–Trinajstić information content (AvgIpc) is 3.39. The van der Waals surface area contributed by atoms with Crippen LogP contribution in [0.15, 0.2) is 42.5 Å². The summed E-state index contributed by atoms with van der Waals surface area (Å²) in [5, 5.41) is 2.62. The Hall–Kier alpha value is -4.30. The van der Waals surface area contributed by atoms with Crippen molar-refractivity contribution >= 4 is 50.5 Å². The number of amides is 2. The molecule has 0 bridgehead atoms. The van der Waals surface area contributed by atoms with Gasteiger partial charge in [0, 0.05) is 10.4 Å². The number of fused-ring (bicyclic) bond motifs is 3. The Labute approximate surface area is 241 Å². The van der Waals surface area contributed by atoms with Crippen LogP contribution in [0.1, 0.15) is 57.4 Å². The van der Waals surface area contributed by atoms with E-state index in [0.29, 0.717) is 41.0 Å². The number of nitrogens with one attached hydrogen (secondary N) is 1. The molecule has 1 fully saturated rings. The van der Waals surface area contributed by atoms with Gasteiger partial charge in [0.25, 0.3) is 11.8 Å². The van der Waals surface area contributed by atoms with Gasteiger partial charge in [-0.05, 0) is 49.6 Å². The van der Waals surface area contributed by atoms with Crippen LogP contribution in [0.5, 0.6) is 11.5 Å². The molecule has 3 N–H and O–H groups in total. The third-order valence-corrected chi connectivity index (χ3v) is 8.52. The molecular formula is C27H20ClF3N4O6S. The number of alkyl halides is 3. The summed E-state index contributed by atoms with van der Waals surface area (Å²) in [6.45, 7) is 3.64. The van der Waals surface area contributed by atoms with Crippen LogP contribution in [0.3, 0.4) is 0 Å². The Bertz CT molecular complexity index is 1970. The summed E-state index contributed by atoms with van der Waals surface area (Å²) in [6.07, 6.45) is -3.48. The van der Waals surface area contributed by atoms with Gasteiger partial charge in [0.1, 0.15) is 17.0 Å². The first-order valence-electron chi connectivity index (χ1n) is 12.4. The van der Waals surface area contributed by atoms with E-state index in [2.05, 4.69) is 10.3 Å². The highest BCUT2D eigenvalue weighted by Gasteiger charge is 2.47. The fourth-order valence-electron chi connectivity index (χ4n) is 5.00. The zero-order valence-electron chi connectivity index (χ0n) is 21.8. The lowest BCUT2D eigenvalue weighted by Gasteiger charge is -2.19. The van der Waals surface area contributed by atoms with Crippen LogP contribution >= 0.6 is 11.6 Å². The van der Waals surface area contributed by atoms with E-state index in [9.17, 15) is 31.2 Å². The number of nitrogens with two attached hydrogens (primary N) is 1. The molecule has 0 atom stereocenters. The number of aromatic nitrogens is 2. The number of rotatable bonds is 5. The number of nitrogens with zero attached hydrogens (tertiary/aromatic N) is 2. The fraction of sp³-hybridized carbons (Fsp3) is 0.222. The SMILES string of the molecule is Cc1c(Cl)cccc1-n1c(C2(C)CC2)nc2c3c(c(NC(=O)c4ccccc4C(F)(F)F)c(C(N)=O)c21)OS(=O)(=O)O3. The van der Waals surface area contributed by atoms with Crippen molar-refractivity contribution in [1.29, 1.82) is 0 Å². The number of hydrogen-bond donors (Lipinski definition) is 2. The van der Waals surface area contributed by atoms with Gasteiger partial charge >= 0.3 is 16.6 Å². The first-order valence-corrected chi connectivity index (χ1v) is 14.1.